The van der Waals surface area contributed by atoms with Gasteiger partial charge in [-0.3, -0.25) is 0 Å². The van der Waals surface area contributed by atoms with Gasteiger partial charge in [-0.25, -0.2) is 9.18 Å². The molecule has 0 bridgehead atoms. The fourth-order valence-corrected chi connectivity index (χ4v) is 2.33. The zero-order valence-electron chi connectivity index (χ0n) is 10.1. The molecular formula is C14H9BrClFO3. The maximum absolute atomic E-state index is 13.2. The van der Waals surface area contributed by atoms with Gasteiger partial charge in [0.25, 0.3) is 0 Å². The lowest BCUT2D eigenvalue weighted by Gasteiger charge is -2.08. The van der Waals surface area contributed by atoms with Crippen molar-refractivity contribution in [1.29, 1.82) is 0 Å². The van der Waals surface area contributed by atoms with Crippen LogP contribution in [0.25, 0.3) is 0 Å². The third-order valence-electron chi connectivity index (χ3n) is 2.50. The Morgan fingerprint density at radius 3 is 2.70 bits per heavy atom. The minimum Gasteiger partial charge on any atom is -0.489 e. The zero-order chi connectivity index (χ0) is 14.7. The van der Waals surface area contributed by atoms with Crippen molar-refractivity contribution in [1.82, 2.24) is 0 Å². The predicted octanol–water partition coefficient (Wildman–Crippen LogP) is 4.52. The van der Waals surface area contributed by atoms with Gasteiger partial charge in [-0.1, -0.05) is 27.5 Å². The van der Waals surface area contributed by atoms with Crippen LogP contribution in [-0.2, 0) is 6.61 Å². The molecule has 1 N–H and O–H groups in total. The van der Waals surface area contributed by atoms with Crippen LogP contribution >= 0.6 is 27.5 Å². The average Bonchev–Trinajstić information content (AvgIpc) is 2.36. The van der Waals surface area contributed by atoms with Crippen LogP contribution in [0.1, 0.15) is 15.9 Å². The second-order valence-corrected chi connectivity index (χ2v) is 5.34. The number of benzene rings is 2. The van der Waals surface area contributed by atoms with Gasteiger partial charge < -0.3 is 9.84 Å². The van der Waals surface area contributed by atoms with Gasteiger partial charge in [0, 0.05) is 4.47 Å². The first-order chi connectivity index (χ1) is 9.45. The van der Waals surface area contributed by atoms with E-state index < -0.39 is 5.97 Å². The van der Waals surface area contributed by atoms with Crippen LogP contribution in [0.15, 0.2) is 40.9 Å². The molecular weight excluding hydrogens is 351 g/mol. The first-order valence-electron chi connectivity index (χ1n) is 5.56. The summed E-state index contributed by atoms with van der Waals surface area (Å²) in [5.41, 5.74) is 0.591. The number of carbonyl (C=O) groups is 1. The Kier molecular flexibility index (Phi) is 4.62. The van der Waals surface area contributed by atoms with Crippen molar-refractivity contribution in [3.63, 3.8) is 0 Å². The molecule has 0 saturated carbocycles. The minimum absolute atomic E-state index is 0.0374. The topological polar surface area (TPSA) is 46.5 Å². The van der Waals surface area contributed by atoms with Crippen LogP contribution in [0, 0.1) is 5.82 Å². The van der Waals surface area contributed by atoms with Crippen LogP contribution in [0.3, 0.4) is 0 Å². The van der Waals surface area contributed by atoms with Crippen molar-refractivity contribution in [2.24, 2.45) is 0 Å². The van der Waals surface area contributed by atoms with E-state index in [1.165, 1.54) is 24.3 Å². The molecule has 2 rings (SSSR count). The van der Waals surface area contributed by atoms with E-state index in [1.807, 2.05) is 0 Å². The molecule has 0 aliphatic carbocycles. The van der Waals surface area contributed by atoms with Crippen molar-refractivity contribution < 1.29 is 19.0 Å². The van der Waals surface area contributed by atoms with Gasteiger partial charge in [-0.05, 0) is 42.0 Å². The van der Waals surface area contributed by atoms with Gasteiger partial charge in [0.05, 0.1) is 10.6 Å². The number of carboxylic acid groups (broad SMARTS) is 1. The third-order valence-corrected chi connectivity index (χ3v) is 3.28. The number of aromatic carboxylic acids is 1. The summed E-state index contributed by atoms with van der Waals surface area (Å²) >= 11 is 8.95. The number of ether oxygens (including phenoxy) is 1. The number of hydrogen-bond donors (Lipinski definition) is 1. The van der Waals surface area contributed by atoms with Gasteiger partial charge in [-0.15, -0.1) is 0 Å². The lowest BCUT2D eigenvalue weighted by Crippen LogP contribution is -2.00. The monoisotopic (exact) mass is 358 g/mol. The molecule has 0 saturated heterocycles. The molecule has 0 radical (unpaired) electrons. The van der Waals surface area contributed by atoms with E-state index in [0.29, 0.717) is 15.8 Å². The van der Waals surface area contributed by atoms with E-state index in [1.54, 1.807) is 12.1 Å². The molecule has 0 unspecified atom stereocenters. The third kappa shape index (κ3) is 3.71. The highest BCUT2D eigenvalue weighted by atomic mass is 79.9. The van der Waals surface area contributed by atoms with Crippen LogP contribution in [0.2, 0.25) is 5.02 Å². The normalized spacial score (nSPS) is 10.3. The highest BCUT2D eigenvalue weighted by Crippen LogP contribution is 2.23. The maximum atomic E-state index is 13.2. The Labute approximate surface area is 128 Å². The molecule has 0 amide bonds. The predicted molar refractivity (Wildman–Crippen MR) is 76.8 cm³/mol. The molecule has 3 nitrogen and oxygen atoms in total. The molecule has 0 aliphatic rings. The van der Waals surface area contributed by atoms with Gasteiger partial charge in [-0.2, -0.15) is 0 Å². The highest BCUT2D eigenvalue weighted by molar-refractivity contribution is 9.10. The lowest BCUT2D eigenvalue weighted by atomic mass is 10.2. The average molecular weight is 360 g/mol. The second kappa shape index (κ2) is 6.24. The second-order valence-electron chi connectivity index (χ2n) is 4.01. The van der Waals surface area contributed by atoms with E-state index in [4.69, 9.17) is 21.4 Å². The summed E-state index contributed by atoms with van der Waals surface area (Å²) in [7, 11) is 0. The van der Waals surface area contributed by atoms with E-state index in [-0.39, 0.29) is 23.0 Å². The van der Waals surface area contributed by atoms with Gasteiger partial charge in [0.1, 0.15) is 18.2 Å². The molecule has 0 heterocycles. The van der Waals surface area contributed by atoms with Gasteiger partial charge in [0.2, 0.25) is 0 Å². The largest absolute Gasteiger partial charge is 0.489 e. The van der Waals surface area contributed by atoms with Crippen molar-refractivity contribution >= 4 is 33.5 Å². The summed E-state index contributed by atoms with van der Waals surface area (Å²) in [5.74, 6) is -1.15. The molecule has 0 aromatic heterocycles. The summed E-state index contributed by atoms with van der Waals surface area (Å²) in [6.45, 7) is 0.122. The Hall–Kier alpha value is -1.59. The van der Waals surface area contributed by atoms with Crippen molar-refractivity contribution in [3.05, 3.63) is 62.8 Å². The Bertz CT molecular complexity index is 641. The molecule has 20 heavy (non-hydrogen) atoms. The van der Waals surface area contributed by atoms with Crippen LogP contribution in [0.4, 0.5) is 4.39 Å². The van der Waals surface area contributed by atoms with Crippen molar-refractivity contribution in [3.8, 4) is 5.75 Å². The number of rotatable bonds is 4. The molecule has 6 heteroatoms. The molecule has 2 aromatic carbocycles. The summed E-state index contributed by atoms with van der Waals surface area (Å²) < 4.78 is 19.2. The molecule has 0 fully saturated rings. The summed E-state index contributed by atoms with van der Waals surface area (Å²) in [6, 6.07) is 8.74. The standard InChI is InChI=1S/C14H9BrClFO3/c15-9-3-8(4-10(17)5-9)7-20-11-1-2-13(16)12(6-11)14(18)19/h1-6H,7H2,(H,18,19). The first-order valence-corrected chi connectivity index (χ1v) is 6.73. The van der Waals surface area contributed by atoms with Crippen LogP contribution in [0.5, 0.6) is 5.75 Å². The Morgan fingerprint density at radius 2 is 2.05 bits per heavy atom. The van der Waals surface area contributed by atoms with Crippen LogP contribution < -0.4 is 4.74 Å². The van der Waals surface area contributed by atoms with E-state index >= 15 is 0 Å². The molecule has 0 spiro atoms. The van der Waals surface area contributed by atoms with E-state index in [2.05, 4.69) is 15.9 Å². The van der Waals surface area contributed by atoms with Crippen molar-refractivity contribution in [2.75, 3.05) is 0 Å². The first kappa shape index (κ1) is 14.8. The fraction of sp³-hybridized carbons (Fsp3) is 0.0714. The smallest absolute Gasteiger partial charge is 0.337 e. The lowest BCUT2D eigenvalue weighted by molar-refractivity contribution is 0.0696. The van der Waals surface area contributed by atoms with Crippen molar-refractivity contribution in [2.45, 2.75) is 6.61 Å². The van der Waals surface area contributed by atoms with Gasteiger partial charge in [0.15, 0.2) is 0 Å². The molecule has 2 aromatic rings. The summed E-state index contributed by atoms with van der Waals surface area (Å²) in [5, 5.41) is 9.09. The minimum atomic E-state index is -1.13. The Balaban J connectivity index is 2.14. The van der Waals surface area contributed by atoms with Crippen LogP contribution in [-0.4, -0.2) is 11.1 Å². The van der Waals surface area contributed by atoms with E-state index in [0.717, 1.165) is 0 Å². The molecule has 104 valence electrons. The zero-order valence-corrected chi connectivity index (χ0v) is 12.4. The fourth-order valence-electron chi connectivity index (χ4n) is 1.62. The SMILES string of the molecule is O=C(O)c1cc(OCc2cc(F)cc(Br)c2)ccc1Cl. The quantitative estimate of drug-likeness (QED) is 0.873. The molecule has 0 aliphatic heterocycles. The summed E-state index contributed by atoms with van der Waals surface area (Å²) in [4.78, 5) is 10.9. The number of hydrogen-bond acceptors (Lipinski definition) is 2. The van der Waals surface area contributed by atoms with E-state index in [9.17, 15) is 9.18 Å². The number of carboxylic acids is 1. The summed E-state index contributed by atoms with van der Waals surface area (Å²) in [6.07, 6.45) is 0. The maximum Gasteiger partial charge on any atom is 0.337 e. The Morgan fingerprint density at radius 1 is 1.30 bits per heavy atom. The highest BCUT2D eigenvalue weighted by Gasteiger charge is 2.10. The number of halogens is 3. The molecule has 0 atom stereocenters. The van der Waals surface area contributed by atoms with Gasteiger partial charge >= 0.3 is 5.97 Å².